The van der Waals surface area contributed by atoms with Gasteiger partial charge in [0.25, 0.3) is 5.91 Å². The number of pyridine rings is 1. The molecule has 1 N–H and O–H groups in total. The molecular formula is C23H20N4O3S2. The Morgan fingerprint density at radius 1 is 1.00 bits per heavy atom. The number of benzene rings is 2. The maximum Gasteiger partial charge on any atom is 0.257 e. The molecule has 2 aromatic carbocycles. The van der Waals surface area contributed by atoms with Gasteiger partial charge in [-0.15, -0.1) is 11.3 Å². The van der Waals surface area contributed by atoms with Crippen LogP contribution in [0, 0.1) is 0 Å². The second-order valence-corrected chi connectivity index (χ2v) is 9.90. The van der Waals surface area contributed by atoms with Gasteiger partial charge in [0, 0.05) is 42.5 Å². The van der Waals surface area contributed by atoms with E-state index in [9.17, 15) is 13.2 Å². The molecule has 0 atom stereocenters. The average Bonchev–Trinajstić information content (AvgIpc) is 3.29. The molecule has 0 saturated carbocycles. The van der Waals surface area contributed by atoms with Crippen molar-refractivity contribution in [2.75, 3.05) is 12.4 Å². The van der Waals surface area contributed by atoms with E-state index in [0.717, 1.165) is 16.8 Å². The Labute approximate surface area is 190 Å². The van der Waals surface area contributed by atoms with Crippen molar-refractivity contribution in [3.63, 3.8) is 0 Å². The molecule has 2 heterocycles. The van der Waals surface area contributed by atoms with Gasteiger partial charge in [0.2, 0.25) is 10.0 Å². The van der Waals surface area contributed by atoms with Crippen molar-refractivity contribution in [3.05, 3.63) is 95.6 Å². The number of carbonyl (C=O) groups excluding carboxylic acids is 1. The first-order valence-electron chi connectivity index (χ1n) is 9.71. The minimum atomic E-state index is -3.68. The van der Waals surface area contributed by atoms with Crippen molar-refractivity contribution in [3.8, 4) is 11.3 Å². The zero-order chi connectivity index (χ0) is 22.6. The predicted octanol–water partition coefficient (Wildman–Crippen LogP) is 4.28. The quantitative estimate of drug-likeness (QED) is 0.441. The van der Waals surface area contributed by atoms with E-state index in [1.54, 1.807) is 12.4 Å². The van der Waals surface area contributed by atoms with Gasteiger partial charge in [-0.2, -0.15) is 4.31 Å². The topological polar surface area (TPSA) is 92.3 Å². The predicted molar refractivity (Wildman–Crippen MR) is 125 cm³/mol. The molecule has 4 rings (SSSR count). The molecule has 0 aliphatic heterocycles. The van der Waals surface area contributed by atoms with Gasteiger partial charge in [-0.3, -0.25) is 15.1 Å². The van der Waals surface area contributed by atoms with Gasteiger partial charge < -0.3 is 0 Å². The van der Waals surface area contributed by atoms with Crippen molar-refractivity contribution < 1.29 is 13.2 Å². The number of sulfonamides is 1. The molecule has 162 valence electrons. The first-order valence-corrected chi connectivity index (χ1v) is 12.0. The fourth-order valence-corrected chi connectivity index (χ4v) is 4.91. The van der Waals surface area contributed by atoms with E-state index < -0.39 is 10.0 Å². The number of hydrogen-bond donors (Lipinski definition) is 1. The lowest BCUT2D eigenvalue weighted by atomic mass is 10.2. The Morgan fingerprint density at radius 3 is 2.38 bits per heavy atom. The van der Waals surface area contributed by atoms with Crippen LogP contribution in [0.15, 0.2) is 89.4 Å². The number of aromatic nitrogens is 2. The largest absolute Gasteiger partial charge is 0.298 e. The lowest BCUT2D eigenvalue weighted by molar-refractivity contribution is 0.102. The van der Waals surface area contributed by atoms with Gasteiger partial charge in [0.15, 0.2) is 5.13 Å². The molecule has 9 heteroatoms. The van der Waals surface area contributed by atoms with Gasteiger partial charge >= 0.3 is 0 Å². The second-order valence-electron chi connectivity index (χ2n) is 7.00. The number of amides is 1. The third kappa shape index (κ3) is 4.91. The normalized spacial score (nSPS) is 11.4. The molecule has 0 bridgehead atoms. The summed E-state index contributed by atoms with van der Waals surface area (Å²) in [5.41, 5.74) is 2.89. The molecule has 0 radical (unpaired) electrons. The Kier molecular flexibility index (Phi) is 6.40. The third-order valence-corrected chi connectivity index (χ3v) is 7.35. The summed E-state index contributed by atoms with van der Waals surface area (Å²) < 4.78 is 27.0. The summed E-state index contributed by atoms with van der Waals surface area (Å²) in [6.45, 7) is 0.259. The summed E-state index contributed by atoms with van der Waals surface area (Å²) in [7, 11) is -2.15. The van der Waals surface area contributed by atoms with Crippen molar-refractivity contribution in [2.45, 2.75) is 11.4 Å². The summed E-state index contributed by atoms with van der Waals surface area (Å²) in [5, 5.41) is 5.06. The zero-order valence-electron chi connectivity index (χ0n) is 17.2. The fraction of sp³-hybridized carbons (Fsp3) is 0.0870. The van der Waals surface area contributed by atoms with Gasteiger partial charge in [0.05, 0.1) is 10.6 Å². The first-order chi connectivity index (χ1) is 15.4. The monoisotopic (exact) mass is 464 g/mol. The van der Waals surface area contributed by atoms with Crippen molar-refractivity contribution >= 4 is 32.4 Å². The lowest BCUT2D eigenvalue weighted by Crippen LogP contribution is -2.26. The van der Waals surface area contributed by atoms with Gasteiger partial charge in [-0.25, -0.2) is 13.4 Å². The summed E-state index contributed by atoms with van der Waals surface area (Å²) >= 11 is 1.31. The third-order valence-electron chi connectivity index (χ3n) is 4.77. The maximum atomic E-state index is 12.9. The summed E-state index contributed by atoms with van der Waals surface area (Å²) in [5.74, 6) is -0.359. The molecule has 0 saturated heterocycles. The molecule has 0 aliphatic carbocycles. The van der Waals surface area contributed by atoms with Crippen LogP contribution in [0.1, 0.15) is 15.9 Å². The molecular weight excluding hydrogens is 444 g/mol. The van der Waals surface area contributed by atoms with Crippen LogP contribution in [0.25, 0.3) is 11.3 Å². The number of rotatable bonds is 7. The summed E-state index contributed by atoms with van der Waals surface area (Å²) in [4.78, 5) is 21.1. The SMILES string of the molecule is CN(Cc1ccccc1)S(=O)(=O)c1ccc(C(=O)Nc2nc(-c3ccncc3)cs2)cc1. The smallest absolute Gasteiger partial charge is 0.257 e. The highest BCUT2D eigenvalue weighted by Crippen LogP contribution is 2.25. The Bertz CT molecular complexity index is 1310. The highest BCUT2D eigenvalue weighted by Gasteiger charge is 2.21. The van der Waals surface area contributed by atoms with Gasteiger partial charge in [-0.05, 0) is 42.0 Å². The number of nitrogens with one attached hydrogen (secondary N) is 1. The van der Waals surface area contributed by atoms with Crippen LogP contribution >= 0.6 is 11.3 Å². The lowest BCUT2D eigenvalue weighted by Gasteiger charge is -2.17. The van der Waals surface area contributed by atoms with Crippen LogP contribution in [0.4, 0.5) is 5.13 Å². The van der Waals surface area contributed by atoms with E-state index in [-0.39, 0.29) is 17.3 Å². The molecule has 32 heavy (non-hydrogen) atoms. The first kappa shape index (κ1) is 21.8. The average molecular weight is 465 g/mol. The van der Waals surface area contributed by atoms with Crippen LogP contribution in [-0.2, 0) is 16.6 Å². The molecule has 0 spiro atoms. The van der Waals surface area contributed by atoms with Crippen LogP contribution in [0.3, 0.4) is 0 Å². The minimum absolute atomic E-state index is 0.127. The number of hydrogen-bond acceptors (Lipinski definition) is 6. The number of carbonyl (C=O) groups is 1. The van der Waals surface area contributed by atoms with E-state index in [1.807, 2.05) is 47.8 Å². The van der Waals surface area contributed by atoms with E-state index in [0.29, 0.717) is 10.7 Å². The van der Waals surface area contributed by atoms with Crippen molar-refractivity contribution in [1.29, 1.82) is 0 Å². The Hall–Kier alpha value is -3.40. The molecule has 4 aromatic rings. The summed E-state index contributed by atoms with van der Waals surface area (Å²) in [6, 6.07) is 18.9. The molecule has 1 amide bonds. The van der Waals surface area contributed by atoms with E-state index >= 15 is 0 Å². The maximum absolute atomic E-state index is 12.9. The van der Waals surface area contributed by atoms with Crippen LogP contribution < -0.4 is 5.32 Å². The second kappa shape index (κ2) is 9.39. The van der Waals surface area contributed by atoms with Gasteiger partial charge in [-0.1, -0.05) is 30.3 Å². The molecule has 0 fully saturated rings. The Balaban J connectivity index is 1.44. The zero-order valence-corrected chi connectivity index (χ0v) is 18.8. The van der Waals surface area contributed by atoms with E-state index in [1.165, 1.54) is 47.0 Å². The molecule has 0 unspecified atom stereocenters. The van der Waals surface area contributed by atoms with E-state index in [4.69, 9.17) is 0 Å². The minimum Gasteiger partial charge on any atom is -0.298 e. The number of nitrogens with zero attached hydrogens (tertiary/aromatic N) is 3. The highest BCUT2D eigenvalue weighted by atomic mass is 32.2. The van der Waals surface area contributed by atoms with Crippen LogP contribution in [0.5, 0.6) is 0 Å². The van der Waals surface area contributed by atoms with Crippen LogP contribution in [0.2, 0.25) is 0 Å². The fourth-order valence-electron chi connectivity index (χ4n) is 3.04. The summed E-state index contributed by atoms with van der Waals surface area (Å²) in [6.07, 6.45) is 3.36. The molecule has 7 nitrogen and oxygen atoms in total. The highest BCUT2D eigenvalue weighted by molar-refractivity contribution is 7.89. The Morgan fingerprint density at radius 2 is 1.69 bits per heavy atom. The molecule has 2 aromatic heterocycles. The van der Waals surface area contributed by atoms with Crippen LogP contribution in [-0.4, -0.2) is 35.6 Å². The number of thiazole rings is 1. The number of anilines is 1. The van der Waals surface area contributed by atoms with Crippen molar-refractivity contribution in [2.24, 2.45) is 0 Å². The van der Waals surface area contributed by atoms with Crippen molar-refractivity contribution in [1.82, 2.24) is 14.3 Å². The van der Waals surface area contributed by atoms with Gasteiger partial charge in [0.1, 0.15) is 0 Å². The standard InChI is InChI=1S/C23H20N4O3S2/c1-27(15-17-5-3-2-4-6-17)32(29,30)20-9-7-19(8-10-20)22(28)26-23-25-21(16-31-23)18-11-13-24-14-12-18/h2-14,16H,15H2,1H3,(H,25,26,28). The van der Waals surface area contributed by atoms with E-state index in [2.05, 4.69) is 15.3 Å². The molecule has 0 aliphatic rings.